The van der Waals surface area contributed by atoms with Gasteiger partial charge in [-0.2, -0.15) is 0 Å². The second-order valence-corrected chi connectivity index (χ2v) is 20.5. The van der Waals surface area contributed by atoms with Crippen LogP contribution in [0.25, 0.3) is 5.70 Å². The summed E-state index contributed by atoms with van der Waals surface area (Å²) in [5.74, 6) is -1.81. The summed E-state index contributed by atoms with van der Waals surface area (Å²) in [5, 5.41) is -1.38. The fraction of sp³-hybridized carbons (Fsp3) is 0.333. The van der Waals surface area contributed by atoms with Gasteiger partial charge in [-0.3, -0.25) is 0 Å². The molecule has 0 unspecified atom stereocenters. The van der Waals surface area contributed by atoms with Crippen molar-refractivity contribution in [1.82, 2.24) is 0 Å². The Morgan fingerprint density at radius 1 is 0.648 bits per heavy atom. The van der Waals surface area contributed by atoms with Gasteiger partial charge in [0.25, 0.3) is 0 Å². The molecule has 0 saturated carbocycles. The summed E-state index contributed by atoms with van der Waals surface area (Å²) in [7, 11) is -6.84. The van der Waals surface area contributed by atoms with Crippen molar-refractivity contribution in [1.29, 1.82) is 0 Å². The zero-order chi connectivity index (χ0) is 40.1. The number of halogens is 9. The van der Waals surface area contributed by atoms with Crippen LogP contribution in [0.5, 0.6) is 0 Å². The molecule has 6 rings (SSSR count). The molecule has 4 nitrogen and oxygen atoms in total. The number of hydrogen-bond acceptors (Lipinski definition) is 4. The minimum atomic E-state index is -6.95. The van der Waals surface area contributed by atoms with Crippen LogP contribution in [0, 0.1) is 0 Å². The number of anilines is 1. The molecule has 0 radical (unpaired) electrons. The number of rotatable bonds is 7. The van der Waals surface area contributed by atoms with Gasteiger partial charge in [0, 0.05) is 0 Å². The second kappa shape index (κ2) is 12.6. The van der Waals surface area contributed by atoms with E-state index in [2.05, 4.69) is 0 Å². The Labute approximate surface area is 307 Å². The van der Waals surface area contributed by atoms with E-state index in [9.17, 15) is 8.42 Å². The normalized spacial score (nSPS) is 18.9. The number of nitrogens with zero attached hydrogens (tertiary/aromatic N) is 1. The van der Waals surface area contributed by atoms with Crippen LogP contribution in [-0.2, 0) is 20.0 Å². The van der Waals surface area contributed by atoms with Gasteiger partial charge in [0.15, 0.2) is 0 Å². The van der Waals surface area contributed by atoms with E-state index in [1.807, 2.05) is 0 Å². The molecule has 290 valence electrons. The van der Waals surface area contributed by atoms with Gasteiger partial charge in [0.05, 0.1) is 0 Å². The van der Waals surface area contributed by atoms with Crippen LogP contribution in [0.4, 0.5) is 45.2 Å². The Kier molecular flexibility index (Phi) is 9.27. The number of hydrogen-bond donors (Lipinski definition) is 0. The SMILES string of the molecule is CC(C)c1cc(C(C)C)c(P23(OC(C(F)(F)F)(C(F)(F)F)c4ccccc42)C(S(=O)(=O)C(F)(F)F)=C(c2ccccc2)N3c2ccccc2)c(C(C)C)c1. The molecule has 0 fully saturated rings. The number of fused-ring (bicyclic) bond motifs is 2. The maximum absolute atomic E-state index is 15.8. The molecule has 0 amide bonds. The molecule has 0 atom stereocenters. The van der Waals surface area contributed by atoms with Crippen LogP contribution in [0.2, 0.25) is 0 Å². The Morgan fingerprint density at radius 2 is 1.11 bits per heavy atom. The van der Waals surface area contributed by atoms with E-state index in [4.69, 9.17) is 4.52 Å². The summed E-state index contributed by atoms with van der Waals surface area (Å²) < 4.78 is 176. The molecule has 0 aliphatic carbocycles. The molecule has 15 heteroatoms. The molecule has 54 heavy (non-hydrogen) atoms. The van der Waals surface area contributed by atoms with Crippen molar-refractivity contribution < 1.29 is 52.5 Å². The first-order chi connectivity index (χ1) is 24.9. The van der Waals surface area contributed by atoms with E-state index in [0.717, 1.165) is 22.9 Å². The zero-order valence-corrected chi connectivity index (χ0v) is 31.6. The van der Waals surface area contributed by atoms with Gasteiger partial charge in [-0.05, 0) is 0 Å². The van der Waals surface area contributed by atoms with Crippen molar-refractivity contribution in [3.8, 4) is 0 Å². The van der Waals surface area contributed by atoms with Crippen LogP contribution in [0.3, 0.4) is 0 Å². The van der Waals surface area contributed by atoms with Crippen molar-refractivity contribution in [3.05, 3.63) is 130 Å². The third kappa shape index (κ3) is 5.08. The van der Waals surface area contributed by atoms with E-state index < -0.39 is 78.6 Å². The van der Waals surface area contributed by atoms with Crippen molar-refractivity contribution in [2.45, 2.75) is 82.8 Å². The number of sulfone groups is 1. The van der Waals surface area contributed by atoms with Gasteiger partial charge in [0.1, 0.15) is 0 Å². The molecule has 2 aliphatic heterocycles. The quantitative estimate of drug-likeness (QED) is 0.138. The first-order valence-corrected chi connectivity index (χ1v) is 20.6. The Balaban J connectivity index is 2.11. The van der Waals surface area contributed by atoms with Gasteiger partial charge in [-0.1, -0.05) is 0 Å². The van der Waals surface area contributed by atoms with Gasteiger partial charge in [-0.25, -0.2) is 0 Å². The monoisotopic (exact) mass is 801 g/mol. The molecule has 0 N–H and O–H groups in total. The van der Waals surface area contributed by atoms with Gasteiger partial charge >= 0.3 is 308 Å². The Bertz CT molecular complexity index is 2210. The van der Waals surface area contributed by atoms with Crippen LogP contribution >= 0.6 is 6.98 Å². The topological polar surface area (TPSA) is 46.6 Å². The van der Waals surface area contributed by atoms with E-state index in [-0.39, 0.29) is 28.3 Å². The average Bonchev–Trinajstić information content (AvgIpc) is 3.39. The fourth-order valence-corrected chi connectivity index (χ4v) is 18.4. The van der Waals surface area contributed by atoms with E-state index in [1.165, 1.54) is 72.8 Å². The average molecular weight is 802 g/mol. The Hall–Kier alpha value is -3.87. The zero-order valence-electron chi connectivity index (χ0n) is 29.9. The predicted molar refractivity (Wildman–Crippen MR) is 193 cm³/mol. The van der Waals surface area contributed by atoms with E-state index in [0.29, 0.717) is 11.6 Å². The number of alkyl halides is 9. The molecule has 0 aromatic heterocycles. The standard InChI is InChI=1S/C39H37F9NO3PS/c1-23(2)27-21-29(24(3)4)34(30(22-27)25(5)6)53(32-20-14-13-19-31(32)36(52-53,37(40,41)42)38(43,44)45)35(54(50,51)39(46,47)48)33(26-15-9-7-10-16-26)49(53)28-17-11-8-12-18-28/h7-25H,1-6H3. The molecule has 1 spiro atoms. The molecule has 0 bridgehead atoms. The predicted octanol–water partition coefficient (Wildman–Crippen LogP) is 11.5. The maximum atomic E-state index is 15.8. The van der Waals surface area contributed by atoms with Gasteiger partial charge in [-0.15, -0.1) is 0 Å². The van der Waals surface area contributed by atoms with Crippen molar-refractivity contribution in [2.75, 3.05) is 4.67 Å². The number of benzene rings is 4. The molecule has 0 saturated heterocycles. The summed E-state index contributed by atoms with van der Waals surface area (Å²) in [4.78, 5) is 0. The fourth-order valence-electron chi connectivity index (χ4n) is 7.88. The second-order valence-electron chi connectivity index (χ2n) is 14.4. The summed E-state index contributed by atoms with van der Waals surface area (Å²) in [6, 6.07) is 20.1. The van der Waals surface area contributed by atoms with Crippen LogP contribution < -0.4 is 15.3 Å². The van der Waals surface area contributed by atoms with E-state index >= 15 is 39.5 Å². The minimum absolute atomic E-state index is 0.0560. The summed E-state index contributed by atoms with van der Waals surface area (Å²) in [6.45, 7) is 3.04. The molecular weight excluding hydrogens is 764 g/mol. The molecule has 2 heterocycles. The van der Waals surface area contributed by atoms with Crippen molar-refractivity contribution in [3.63, 3.8) is 0 Å². The first-order valence-electron chi connectivity index (χ1n) is 17.0. The molecule has 4 aromatic carbocycles. The van der Waals surface area contributed by atoms with Crippen molar-refractivity contribution >= 4 is 38.8 Å². The molecule has 4 aromatic rings. The Morgan fingerprint density at radius 3 is 1.56 bits per heavy atom. The van der Waals surface area contributed by atoms with Gasteiger partial charge < -0.3 is 0 Å². The number of para-hydroxylation sites is 1. The third-order valence-corrected chi connectivity index (χ3v) is 18.6. The molecule has 2 aliphatic rings. The summed E-state index contributed by atoms with van der Waals surface area (Å²) in [6.07, 6.45) is -12.7. The van der Waals surface area contributed by atoms with Crippen LogP contribution in [-0.4, -0.2) is 26.3 Å². The van der Waals surface area contributed by atoms with E-state index in [1.54, 1.807) is 41.5 Å². The van der Waals surface area contributed by atoms with Crippen LogP contribution in [0.1, 0.15) is 87.1 Å². The molecular formula is C39H37F9NO3PS. The van der Waals surface area contributed by atoms with Crippen LogP contribution in [0.15, 0.2) is 102 Å². The van der Waals surface area contributed by atoms with Gasteiger partial charge in [0.2, 0.25) is 0 Å². The third-order valence-electron chi connectivity index (χ3n) is 10.1. The van der Waals surface area contributed by atoms with Crippen molar-refractivity contribution in [2.24, 2.45) is 0 Å². The first kappa shape index (κ1) is 39.8. The summed E-state index contributed by atoms with van der Waals surface area (Å²) >= 11 is 0. The summed E-state index contributed by atoms with van der Waals surface area (Å²) in [5.41, 5.74) is -13.4.